The standard InChI is InChI=1S/C9H17NO4S/c1-10-8(7-3-4-7)5-15(12,13)6-9(11)14-2/h7-8,10H,3-6H2,1-2H3. The number of carbonyl (C=O) groups excluding carboxylic acids is 1. The average Bonchev–Trinajstić information content (AvgIpc) is 2.96. The Hall–Kier alpha value is -0.620. The highest BCUT2D eigenvalue weighted by Crippen LogP contribution is 2.33. The van der Waals surface area contributed by atoms with Crippen LogP contribution in [0.5, 0.6) is 0 Å². The summed E-state index contributed by atoms with van der Waals surface area (Å²) < 4.78 is 27.5. The van der Waals surface area contributed by atoms with E-state index in [0.717, 1.165) is 12.8 Å². The molecule has 6 heteroatoms. The number of ether oxygens (including phenoxy) is 1. The lowest BCUT2D eigenvalue weighted by molar-refractivity contribution is -0.137. The first-order valence-corrected chi connectivity index (χ1v) is 6.75. The molecular weight excluding hydrogens is 218 g/mol. The van der Waals surface area contributed by atoms with Gasteiger partial charge in [-0.15, -0.1) is 0 Å². The van der Waals surface area contributed by atoms with Crippen molar-refractivity contribution in [2.24, 2.45) is 5.92 Å². The summed E-state index contributed by atoms with van der Waals surface area (Å²) >= 11 is 0. The lowest BCUT2D eigenvalue weighted by atomic mass is 10.2. The van der Waals surface area contributed by atoms with Crippen LogP contribution in [0.25, 0.3) is 0 Å². The summed E-state index contributed by atoms with van der Waals surface area (Å²) in [5.74, 6) is -0.749. The summed E-state index contributed by atoms with van der Waals surface area (Å²) in [6.07, 6.45) is 2.14. The lowest BCUT2D eigenvalue weighted by Gasteiger charge is -2.14. The fourth-order valence-corrected chi connectivity index (χ4v) is 3.11. The molecule has 0 aromatic rings. The molecule has 0 aromatic heterocycles. The van der Waals surface area contributed by atoms with Gasteiger partial charge in [-0.1, -0.05) is 0 Å². The zero-order chi connectivity index (χ0) is 11.5. The van der Waals surface area contributed by atoms with E-state index < -0.39 is 21.6 Å². The Bertz CT molecular complexity index is 321. The van der Waals surface area contributed by atoms with Crippen molar-refractivity contribution in [2.45, 2.75) is 18.9 Å². The smallest absolute Gasteiger partial charge is 0.320 e. The number of methoxy groups -OCH3 is 1. The SMILES string of the molecule is CNC(CS(=O)(=O)CC(=O)OC)C1CC1. The Morgan fingerprint density at radius 2 is 2.13 bits per heavy atom. The number of esters is 1. The van der Waals surface area contributed by atoms with Gasteiger partial charge in [0.15, 0.2) is 9.84 Å². The van der Waals surface area contributed by atoms with Gasteiger partial charge in [-0.2, -0.15) is 0 Å². The number of carbonyl (C=O) groups is 1. The predicted octanol–water partition coefficient (Wildman–Crippen LogP) is -0.428. The Morgan fingerprint density at radius 3 is 2.53 bits per heavy atom. The maximum atomic E-state index is 11.6. The third-order valence-corrected chi connectivity index (χ3v) is 4.10. The van der Waals surface area contributed by atoms with Gasteiger partial charge in [0.25, 0.3) is 0 Å². The van der Waals surface area contributed by atoms with E-state index in [9.17, 15) is 13.2 Å². The van der Waals surface area contributed by atoms with Crippen molar-refractivity contribution in [1.29, 1.82) is 0 Å². The van der Waals surface area contributed by atoms with Gasteiger partial charge in [0.05, 0.1) is 12.9 Å². The number of sulfone groups is 1. The molecule has 0 amide bonds. The fraction of sp³-hybridized carbons (Fsp3) is 0.889. The number of nitrogens with one attached hydrogen (secondary N) is 1. The Balaban J connectivity index is 2.50. The highest BCUT2D eigenvalue weighted by molar-refractivity contribution is 7.92. The molecule has 1 fully saturated rings. The van der Waals surface area contributed by atoms with Crippen LogP contribution in [0.4, 0.5) is 0 Å². The van der Waals surface area contributed by atoms with Gasteiger partial charge in [-0.25, -0.2) is 8.42 Å². The summed E-state index contributed by atoms with van der Waals surface area (Å²) in [7, 11) is -0.411. The second-order valence-corrected chi connectivity index (χ2v) is 5.97. The molecule has 0 aliphatic heterocycles. The van der Waals surface area contributed by atoms with Crippen LogP contribution in [0.1, 0.15) is 12.8 Å². The van der Waals surface area contributed by atoms with Crippen LogP contribution < -0.4 is 5.32 Å². The molecular formula is C9H17NO4S. The molecule has 0 spiro atoms. The normalized spacial score (nSPS) is 18.5. The monoisotopic (exact) mass is 235 g/mol. The third kappa shape index (κ3) is 4.17. The first kappa shape index (κ1) is 12.4. The van der Waals surface area contributed by atoms with Crippen molar-refractivity contribution < 1.29 is 17.9 Å². The summed E-state index contributed by atoms with van der Waals surface area (Å²) in [6, 6.07) is -0.0281. The Kier molecular flexibility index (Phi) is 4.10. The topological polar surface area (TPSA) is 72.5 Å². The summed E-state index contributed by atoms with van der Waals surface area (Å²) in [4.78, 5) is 10.9. The quantitative estimate of drug-likeness (QED) is 0.633. The van der Waals surface area contributed by atoms with E-state index in [4.69, 9.17) is 0 Å². The maximum absolute atomic E-state index is 11.6. The number of rotatable bonds is 6. The molecule has 5 nitrogen and oxygen atoms in total. The van der Waals surface area contributed by atoms with Crippen molar-refractivity contribution in [3.05, 3.63) is 0 Å². The highest BCUT2D eigenvalue weighted by atomic mass is 32.2. The molecule has 1 atom stereocenters. The first-order valence-electron chi connectivity index (χ1n) is 4.93. The third-order valence-electron chi connectivity index (χ3n) is 2.56. The molecule has 0 radical (unpaired) electrons. The van der Waals surface area contributed by atoms with E-state index in [0.29, 0.717) is 5.92 Å². The average molecular weight is 235 g/mol. The minimum Gasteiger partial charge on any atom is -0.468 e. The van der Waals surface area contributed by atoms with Crippen LogP contribution in [0, 0.1) is 5.92 Å². The van der Waals surface area contributed by atoms with E-state index in [1.54, 1.807) is 7.05 Å². The van der Waals surface area contributed by atoms with Crippen molar-refractivity contribution in [2.75, 3.05) is 25.7 Å². The number of hydrogen-bond acceptors (Lipinski definition) is 5. The predicted molar refractivity (Wildman–Crippen MR) is 56.2 cm³/mol. The molecule has 1 rings (SSSR count). The van der Waals surface area contributed by atoms with Crippen LogP contribution >= 0.6 is 0 Å². The van der Waals surface area contributed by atoms with Crippen LogP contribution in [-0.4, -0.2) is 46.1 Å². The van der Waals surface area contributed by atoms with Gasteiger partial charge >= 0.3 is 5.97 Å². The van der Waals surface area contributed by atoms with Gasteiger partial charge in [-0.3, -0.25) is 4.79 Å². The first-order chi connectivity index (χ1) is 6.98. The molecule has 0 saturated heterocycles. The van der Waals surface area contributed by atoms with E-state index in [2.05, 4.69) is 10.1 Å². The van der Waals surface area contributed by atoms with Crippen LogP contribution in [0.2, 0.25) is 0 Å². The molecule has 1 N–H and O–H groups in total. The Labute approximate surface area is 90.1 Å². The second-order valence-electron chi connectivity index (χ2n) is 3.86. The van der Waals surface area contributed by atoms with Crippen LogP contribution in [0.15, 0.2) is 0 Å². The van der Waals surface area contributed by atoms with Crippen molar-refractivity contribution >= 4 is 15.8 Å². The minimum absolute atomic E-state index is 0.0171. The summed E-state index contributed by atoms with van der Waals surface area (Å²) in [6.45, 7) is 0. The van der Waals surface area contributed by atoms with Crippen molar-refractivity contribution in [3.8, 4) is 0 Å². The lowest BCUT2D eigenvalue weighted by Crippen LogP contribution is -2.37. The van der Waals surface area contributed by atoms with Crippen molar-refractivity contribution in [3.63, 3.8) is 0 Å². The van der Waals surface area contributed by atoms with Crippen LogP contribution in [0.3, 0.4) is 0 Å². The number of hydrogen-bond donors (Lipinski definition) is 1. The molecule has 88 valence electrons. The molecule has 0 heterocycles. The van der Waals surface area contributed by atoms with E-state index in [1.807, 2.05) is 0 Å². The van der Waals surface area contributed by atoms with Gasteiger partial charge < -0.3 is 10.1 Å². The van der Waals surface area contributed by atoms with Gasteiger partial charge in [0, 0.05) is 6.04 Å². The minimum atomic E-state index is -3.35. The molecule has 15 heavy (non-hydrogen) atoms. The molecule has 1 saturated carbocycles. The molecule has 0 bridgehead atoms. The fourth-order valence-electron chi connectivity index (χ4n) is 1.52. The molecule has 0 aromatic carbocycles. The van der Waals surface area contributed by atoms with Gasteiger partial charge in [0.2, 0.25) is 0 Å². The van der Waals surface area contributed by atoms with E-state index in [-0.39, 0.29) is 11.8 Å². The highest BCUT2D eigenvalue weighted by Gasteiger charge is 2.34. The van der Waals surface area contributed by atoms with Gasteiger partial charge in [-0.05, 0) is 25.8 Å². The second kappa shape index (κ2) is 4.94. The molecule has 1 unspecified atom stereocenters. The van der Waals surface area contributed by atoms with E-state index >= 15 is 0 Å². The zero-order valence-corrected chi connectivity index (χ0v) is 9.84. The molecule has 1 aliphatic carbocycles. The summed E-state index contributed by atoms with van der Waals surface area (Å²) in [5.41, 5.74) is 0. The van der Waals surface area contributed by atoms with Gasteiger partial charge in [0.1, 0.15) is 5.75 Å². The van der Waals surface area contributed by atoms with E-state index in [1.165, 1.54) is 7.11 Å². The van der Waals surface area contributed by atoms with Crippen LogP contribution in [-0.2, 0) is 19.4 Å². The zero-order valence-electron chi connectivity index (χ0n) is 9.02. The summed E-state index contributed by atoms with van der Waals surface area (Å²) in [5, 5.41) is 2.98. The largest absolute Gasteiger partial charge is 0.468 e. The maximum Gasteiger partial charge on any atom is 0.320 e. The molecule has 1 aliphatic rings. The Morgan fingerprint density at radius 1 is 1.53 bits per heavy atom. The van der Waals surface area contributed by atoms with Crippen molar-refractivity contribution in [1.82, 2.24) is 5.32 Å².